The Morgan fingerprint density at radius 1 is 1.09 bits per heavy atom. The first-order valence-electron chi connectivity index (χ1n) is 9.88. The monoisotopic (exact) mass is 508 g/mol. The molecular weight excluding hydrogens is 488 g/mol. The Balaban J connectivity index is 1.55. The smallest absolute Gasteiger partial charge is 0.261 e. The molecule has 4 aromatic rings. The SMILES string of the molecule is COc1c(C)cc(Br)cc1C(=O)NC(=S)Nc1cc(-c2nc3ccccc3[nH]2)ccc1C. The summed E-state index contributed by atoms with van der Waals surface area (Å²) >= 11 is 8.83. The second-order valence-electron chi connectivity index (χ2n) is 7.34. The zero-order chi connectivity index (χ0) is 22.8. The number of H-pyrrole nitrogens is 1. The largest absolute Gasteiger partial charge is 0.496 e. The van der Waals surface area contributed by atoms with Gasteiger partial charge in [0.1, 0.15) is 11.6 Å². The van der Waals surface area contributed by atoms with Crippen LogP contribution in [0.2, 0.25) is 0 Å². The van der Waals surface area contributed by atoms with Gasteiger partial charge in [-0.2, -0.15) is 0 Å². The number of nitrogens with one attached hydrogen (secondary N) is 3. The number of halogens is 1. The molecule has 0 saturated carbocycles. The fourth-order valence-electron chi connectivity index (χ4n) is 3.49. The number of aryl methyl sites for hydroxylation is 2. The molecule has 6 nitrogen and oxygen atoms in total. The summed E-state index contributed by atoms with van der Waals surface area (Å²) in [5, 5.41) is 6.06. The van der Waals surface area contributed by atoms with E-state index in [2.05, 4.69) is 36.5 Å². The van der Waals surface area contributed by atoms with Crippen LogP contribution in [0.4, 0.5) is 5.69 Å². The number of fused-ring (bicyclic) bond motifs is 1. The Morgan fingerprint density at radius 3 is 2.62 bits per heavy atom. The topological polar surface area (TPSA) is 79.0 Å². The number of aromatic amines is 1. The summed E-state index contributed by atoms with van der Waals surface area (Å²) in [5.41, 5.74) is 5.80. The number of carbonyl (C=O) groups excluding carboxylic acids is 1. The van der Waals surface area contributed by atoms with Crippen molar-refractivity contribution in [1.82, 2.24) is 15.3 Å². The molecule has 0 saturated heterocycles. The van der Waals surface area contributed by atoms with Gasteiger partial charge in [-0.3, -0.25) is 10.1 Å². The molecule has 0 aliphatic carbocycles. The highest BCUT2D eigenvalue weighted by Gasteiger charge is 2.17. The number of para-hydroxylation sites is 2. The number of carbonyl (C=O) groups is 1. The summed E-state index contributed by atoms with van der Waals surface area (Å²) in [7, 11) is 1.54. The van der Waals surface area contributed by atoms with Crippen LogP contribution in [0.15, 0.2) is 59.1 Å². The van der Waals surface area contributed by atoms with Gasteiger partial charge in [0, 0.05) is 15.7 Å². The Labute approximate surface area is 199 Å². The molecule has 0 radical (unpaired) electrons. The van der Waals surface area contributed by atoms with Gasteiger partial charge in [-0.05, 0) is 67.5 Å². The fraction of sp³-hybridized carbons (Fsp3) is 0.125. The Hall–Kier alpha value is -3.23. The quantitative estimate of drug-likeness (QED) is 0.306. The van der Waals surface area contributed by atoms with E-state index in [1.165, 1.54) is 7.11 Å². The molecule has 8 heteroatoms. The summed E-state index contributed by atoms with van der Waals surface area (Å²) in [5.74, 6) is 0.921. The maximum Gasteiger partial charge on any atom is 0.261 e. The number of rotatable bonds is 4. The number of methoxy groups -OCH3 is 1. The zero-order valence-electron chi connectivity index (χ0n) is 17.7. The van der Waals surface area contributed by atoms with E-state index in [9.17, 15) is 4.79 Å². The lowest BCUT2D eigenvalue weighted by Gasteiger charge is -2.15. The van der Waals surface area contributed by atoms with Crippen LogP contribution in [0.25, 0.3) is 22.4 Å². The van der Waals surface area contributed by atoms with Crippen LogP contribution < -0.4 is 15.4 Å². The molecule has 1 aromatic heterocycles. The standard InChI is InChI=1S/C24H21BrN4O2S/c1-13-8-9-15(22-26-18-6-4-5-7-19(18)27-22)11-20(13)28-24(32)29-23(30)17-12-16(25)10-14(2)21(17)31-3/h4-12H,1-3H3,(H,26,27)(H2,28,29,30,32). The molecule has 1 heterocycles. The lowest BCUT2D eigenvalue weighted by atomic mass is 10.1. The van der Waals surface area contributed by atoms with Crippen LogP contribution in [-0.4, -0.2) is 28.1 Å². The van der Waals surface area contributed by atoms with Gasteiger partial charge in [-0.25, -0.2) is 4.98 Å². The lowest BCUT2D eigenvalue weighted by molar-refractivity contribution is 0.0974. The number of hydrogen-bond acceptors (Lipinski definition) is 4. The molecule has 3 aromatic carbocycles. The maximum absolute atomic E-state index is 12.8. The molecular formula is C24H21BrN4O2S. The summed E-state index contributed by atoms with van der Waals surface area (Å²) in [4.78, 5) is 20.8. The van der Waals surface area contributed by atoms with Crippen molar-refractivity contribution >= 4 is 55.9 Å². The van der Waals surface area contributed by atoms with Gasteiger partial charge in [-0.1, -0.05) is 40.2 Å². The fourth-order valence-corrected chi connectivity index (χ4v) is 4.26. The van der Waals surface area contributed by atoms with Crippen LogP contribution >= 0.6 is 28.1 Å². The summed E-state index contributed by atoms with van der Waals surface area (Å²) < 4.78 is 6.19. The normalized spacial score (nSPS) is 10.8. The number of amides is 1. The highest BCUT2D eigenvalue weighted by atomic mass is 79.9. The van der Waals surface area contributed by atoms with E-state index in [0.29, 0.717) is 11.3 Å². The van der Waals surface area contributed by atoms with Crippen molar-refractivity contribution in [2.24, 2.45) is 0 Å². The lowest BCUT2D eigenvalue weighted by Crippen LogP contribution is -2.34. The predicted octanol–water partition coefficient (Wildman–Crippen LogP) is 5.74. The van der Waals surface area contributed by atoms with Gasteiger partial charge in [0.25, 0.3) is 5.91 Å². The number of hydrogen-bond donors (Lipinski definition) is 3. The first kappa shape index (κ1) is 22.0. The molecule has 32 heavy (non-hydrogen) atoms. The second-order valence-corrected chi connectivity index (χ2v) is 8.67. The summed E-state index contributed by atoms with van der Waals surface area (Å²) in [6.07, 6.45) is 0. The van der Waals surface area contributed by atoms with Crippen LogP contribution in [0.3, 0.4) is 0 Å². The molecule has 0 fully saturated rings. The van der Waals surface area contributed by atoms with Crippen LogP contribution in [0.1, 0.15) is 21.5 Å². The highest BCUT2D eigenvalue weighted by molar-refractivity contribution is 9.10. The van der Waals surface area contributed by atoms with Crippen molar-refractivity contribution in [2.45, 2.75) is 13.8 Å². The second kappa shape index (κ2) is 9.10. The highest BCUT2D eigenvalue weighted by Crippen LogP contribution is 2.28. The van der Waals surface area contributed by atoms with E-state index in [1.54, 1.807) is 6.07 Å². The first-order chi connectivity index (χ1) is 15.4. The van der Waals surface area contributed by atoms with E-state index in [1.807, 2.05) is 62.4 Å². The van der Waals surface area contributed by atoms with E-state index in [4.69, 9.17) is 17.0 Å². The molecule has 0 bridgehead atoms. The molecule has 4 rings (SSSR count). The van der Waals surface area contributed by atoms with Crippen LogP contribution in [0.5, 0.6) is 5.75 Å². The van der Waals surface area contributed by atoms with E-state index < -0.39 is 0 Å². The summed E-state index contributed by atoms with van der Waals surface area (Å²) in [6.45, 7) is 3.85. The first-order valence-corrected chi connectivity index (χ1v) is 11.1. The minimum absolute atomic E-state index is 0.194. The van der Waals surface area contributed by atoms with Crippen LogP contribution in [-0.2, 0) is 0 Å². The predicted molar refractivity (Wildman–Crippen MR) is 135 cm³/mol. The van der Waals surface area contributed by atoms with Gasteiger partial charge in [0.15, 0.2) is 5.11 Å². The number of benzene rings is 3. The minimum Gasteiger partial charge on any atom is -0.496 e. The van der Waals surface area contributed by atoms with Gasteiger partial charge in [-0.15, -0.1) is 0 Å². The van der Waals surface area contributed by atoms with Crippen molar-refractivity contribution < 1.29 is 9.53 Å². The van der Waals surface area contributed by atoms with Crippen molar-refractivity contribution in [3.8, 4) is 17.1 Å². The number of nitrogens with zero attached hydrogens (tertiary/aromatic N) is 1. The third-order valence-corrected chi connectivity index (χ3v) is 5.73. The van der Waals surface area contributed by atoms with Gasteiger partial charge in [0.2, 0.25) is 0 Å². The van der Waals surface area contributed by atoms with Crippen LogP contribution in [0, 0.1) is 13.8 Å². The zero-order valence-corrected chi connectivity index (χ0v) is 20.1. The van der Waals surface area contributed by atoms with Crippen molar-refractivity contribution in [3.63, 3.8) is 0 Å². The number of thiocarbonyl (C=S) groups is 1. The molecule has 0 aliphatic rings. The molecule has 1 amide bonds. The third kappa shape index (κ3) is 4.51. The summed E-state index contributed by atoms with van der Waals surface area (Å²) in [6, 6.07) is 17.4. The Kier molecular flexibility index (Phi) is 6.25. The van der Waals surface area contributed by atoms with Crippen molar-refractivity contribution in [1.29, 1.82) is 0 Å². The average Bonchev–Trinajstić information content (AvgIpc) is 3.19. The number of ether oxygens (including phenoxy) is 1. The van der Waals surface area contributed by atoms with Gasteiger partial charge < -0.3 is 15.0 Å². The molecule has 162 valence electrons. The van der Waals surface area contributed by atoms with Crippen molar-refractivity contribution in [3.05, 3.63) is 75.8 Å². The van der Waals surface area contributed by atoms with E-state index >= 15 is 0 Å². The number of anilines is 1. The minimum atomic E-state index is -0.352. The molecule has 0 unspecified atom stereocenters. The van der Waals surface area contributed by atoms with Gasteiger partial charge in [0.05, 0.1) is 23.7 Å². The van der Waals surface area contributed by atoms with Crippen molar-refractivity contribution in [2.75, 3.05) is 12.4 Å². The third-order valence-electron chi connectivity index (χ3n) is 5.06. The number of aromatic nitrogens is 2. The van der Waals surface area contributed by atoms with E-state index in [-0.39, 0.29) is 11.0 Å². The molecule has 0 aliphatic heterocycles. The Morgan fingerprint density at radius 2 is 1.88 bits per heavy atom. The maximum atomic E-state index is 12.8. The average molecular weight is 509 g/mol. The molecule has 0 spiro atoms. The van der Waals surface area contributed by atoms with E-state index in [0.717, 1.165) is 43.7 Å². The molecule has 3 N–H and O–H groups in total. The number of imidazole rings is 1. The Bertz CT molecular complexity index is 1320. The molecule has 0 atom stereocenters. The van der Waals surface area contributed by atoms with Gasteiger partial charge >= 0.3 is 0 Å².